The number of aromatic nitrogens is 2. The number of H-pyrrole nitrogens is 1. The molecular weight excluding hydrogens is 260 g/mol. The summed E-state index contributed by atoms with van der Waals surface area (Å²) >= 11 is 1.47. The van der Waals surface area contributed by atoms with Crippen molar-refractivity contribution in [2.45, 2.75) is 18.7 Å². The van der Waals surface area contributed by atoms with Gasteiger partial charge in [-0.15, -0.1) is 11.8 Å². The summed E-state index contributed by atoms with van der Waals surface area (Å²) in [5.41, 5.74) is 8.75. The summed E-state index contributed by atoms with van der Waals surface area (Å²) in [6, 6.07) is 7.46. The van der Waals surface area contributed by atoms with Gasteiger partial charge in [0.25, 0.3) is 0 Å². The van der Waals surface area contributed by atoms with Gasteiger partial charge in [-0.1, -0.05) is 0 Å². The molecule has 1 amide bonds. The van der Waals surface area contributed by atoms with E-state index in [0.717, 1.165) is 27.7 Å². The molecule has 19 heavy (non-hydrogen) atoms. The first-order valence-corrected chi connectivity index (χ1v) is 6.84. The number of benzene rings is 1. The number of hydrogen-bond acceptors (Lipinski definition) is 4. The molecule has 0 radical (unpaired) electrons. The molecule has 2 aromatic rings. The van der Waals surface area contributed by atoms with Crippen molar-refractivity contribution in [3.05, 3.63) is 35.7 Å². The second kappa shape index (κ2) is 5.79. The number of nitrogens with one attached hydrogen (secondary N) is 2. The van der Waals surface area contributed by atoms with Gasteiger partial charge in [0.1, 0.15) is 0 Å². The summed E-state index contributed by atoms with van der Waals surface area (Å²) in [6.45, 7) is 3.73. The van der Waals surface area contributed by atoms with Crippen molar-refractivity contribution in [2.24, 2.45) is 0 Å². The highest BCUT2D eigenvalue weighted by molar-refractivity contribution is 8.00. The fourth-order valence-corrected chi connectivity index (χ4v) is 2.32. The van der Waals surface area contributed by atoms with Gasteiger partial charge < -0.3 is 11.1 Å². The third kappa shape index (κ3) is 3.51. The summed E-state index contributed by atoms with van der Waals surface area (Å²) in [5, 5.41) is 9.74. The molecule has 2 rings (SSSR count). The Morgan fingerprint density at radius 3 is 2.63 bits per heavy atom. The van der Waals surface area contributed by atoms with E-state index < -0.39 is 0 Å². The van der Waals surface area contributed by atoms with E-state index in [2.05, 4.69) is 15.5 Å². The maximum atomic E-state index is 11.9. The summed E-state index contributed by atoms with van der Waals surface area (Å²) < 4.78 is 0. The first kappa shape index (κ1) is 13.5. The van der Waals surface area contributed by atoms with Crippen LogP contribution in [0.1, 0.15) is 11.4 Å². The molecule has 0 bridgehead atoms. The molecule has 0 unspecified atom stereocenters. The number of nitrogens with zero attached hydrogens (tertiary/aromatic N) is 1. The van der Waals surface area contributed by atoms with Crippen LogP contribution in [0.2, 0.25) is 0 Å². The van der Waals surface area contributed by atoms with Crippen LogP contribution in [-0.4, -0.2) is 21.9 Å². The number of nitrogens with two attached hydrogens (primary N) is 1. The van der Waals surface area contributed by atoms with Crippen LogP contribution in [0.25, 0.3) is 0 Å². The second-order valence-corrected chi connectivity index (χ2v) is 5.26. The van der Waals surface area contributed by atoms with E-state index in [9.17, 15) is 4.79 Å². The average Bonchev–Trinajstić information content (AvgIpc) is 2.70. The van der Waals surface area contributed by atoms with E-state index in [4.69, 9.17) is 5.73 Å². The van der Waals surface area contributed by atoms with Crippen LogP contribution in [0.15, 0.2) is 29.2 Å². The lowest BCUT2D eigenvalue weighted by Gasteiger charge is -2.05. The Labute approximate surface area is 116 Å². The number of amides is 1. The number of thioether (sulfide) groups is 1. The van der Waals surface area contributed by atoms with Crippen LogP contribution >= 0.6 is 11.8 Å². The van der Waals surface area contributed by atoms with Crippen LogP contribution in [0.3, 0.4) is 0 Å². The Hall–Kier alpha value is -1.95. The van der Waals surface area contributed by atoms with Crippen LogP contribution in [0, 0.1) is 13.8 Å². The number of rotatable bonds is 4. The van der Waals surface area contributed by atoms with Crippen molar-refractivity contribution in [3.63, 3.8) is 0 Å². The average molecular weight is 276 g/mol. The van der Waals surface area contributed by atoms with Gasteiger partial charge in [0, 0.05) is 10.6 Å². The molecule has 100 valence electrons. The van der Waals surface area contributed by atoms with E-state index in [0.29, 0.717) is 5.75 Å². The summed E-state index contributed by atoms with van der Waals surface area (Å²) in [7, 11) is 0. The smallest absolute Gasteiger partial charge is 0.234 e. The molecular formula is C13H16N4OS. The first-order chi connectivity index (χ1) is 9.06. The van der Waals surface area contributed by atoms with Crippen molar-refractivity contribution in [1.29, 1.82) is 0 Å². The minimum absolute atomic E-state index is 0.0468. The predicted octanol–water partition coefficient (Wildman–Crippen LogP) is 2.34. The number of hydrogen-bond donors (Lipinski definition) is 3. The molecule has 0 saturated carbocycles. The molecule has 0 aliphatic carbocycles. The second-order valence-electron chi connectivity index (χ2n) is 4.21. The van der Waals surface area contributed by atoms with Crippen molar-refractivity contribution in [3.8, 4) is 0 Å². The molecule has 5 nitrogen and oxygen atoms in total. The monoisotopic (exact) mass is 276 g/mol. The Balaban J connectivity index is 1.90. The minimum atomic E-state index is -0.0468. The highest BCUT2D eigenvalue weighted by Crippen LogP contribution is 2.20. The topological polar surface area (TPSA) is 83.8 Å². The number of carbonyl (C=O) groups is 1. The highest BCUT2D eigenvalue weighted by atomic mass is 32.2. The molecule has 0 fully saturated rings. The Kier molecular flexibility index (Phi) is 4.11. The SMILES string of the molecule is Cc1n[nH]c(C)c1NC(=O)CSc1ccc(N)cc1. The van der Waals surface area contributed by atoms with Gasteiger partial charge in [-0.2, -0.15) is 5.10 Å². The van der Waals surface area contributed by atoms with Crippen molar-refractivity contribution in [2.75, 3.05) is 16.8 Å². The zero-order chi connectivity index (χ0) is 13.8. The number of carbonyl (C=O) groups excluding carboxylic acids is 1. The van der Waals surface area contributed by atoms with E-state index in [-0.39, 0.29) is 5.91 Å². The molecule has 1 heterocycles. The normalized spacial score (nSPS) is 10.4. The van der Waals surface area contributed by atoms with Gasteiger partial charge in [-0.05, 0) is 38.1 Å². The molecule has 0 aliphatic heterocycles. The van der Waals surface area contributed by atoms with Gasteiger partial charge in [-0.25, -0.2) is 0 Å². The van der Waals surface area contributed by atoms with Crippen LogP contribution < -0.4 is 11.1 Å². The first-order valence-electron chi connectivity index (χ1n) is 5.86. The third-order valence-corrected chi connectivity index (χ3v) is 3.65. The van der Waals surface area contributed by atoms with Crippen molar-refractivity contribution >= 4 is 29.0 Å². The zero-order valence-electron chi connectivity index (χ0n) is 10.9. The fourth-order valence-electron chi connectivity index (χ4n) is 1.62. The van der Waals surface area contributed by atoms with E-state index in [1.54, 1.807) is 0 Å². The minimum Gasteiger partial charge on any atom is -0.399 e. The van der Waals surface area contributed by atoms with Gasteiger partial charge >= 0.3 is 0 Å². The molecule has 1 aromatic carbocycles. The lowest BCUT2D eigenvalue weighted by Crippen LogP contribution is -2.14. The van der Waals surface area contributed by atoms with Gasteiger partial charge in [-0.3, -0.25) is 9.89 Å². The maximum Gasteiger partial charge on any atom is 0.234 e. The fraction of sp³-hybridized carbons (Fsp3) is 0.231. The molecule has 0 atom stereocenters. The summed E-state index contributed by atoms with van der Waals surface area (Å²) in [6.07, 6.45) is 0. The predicted molar refractivity (Wildman–Crippen MR) is 78.3 cm³/mol. The molecule has 0 saturated heterocycles. The number of nitrogen functional groups attached to an aromatic ring is 1. The van der Waals surface area contributed by atoms with Crippen molar-refractivity contribution in [1.82, 2.24) is 10.2 Å². The van der Waals surface area contributed by atoms with Gasteiger partial charge in [0.2, 0.25) is 5.91 Å². The number of aromatic amines is 1. The van der Waals surface area contributed by atoms with E-state index in [1.807, 2.05) is 38.1 Å². The van der Waals surface area contributed by atoms with Gasteiger partial charge in [0.05, 0.1) is 22.8 Å². The number of anilines is 2. The standard InChI is InChI=1S/C13H16N4OS/c1-8-13(9(2)17-16-8)15-12(18)7-19-11-5-3-10(14)4-6-11/h3-6H,7,14H2,1-2H3,(H,15,18)(H,16,17). The molecule has 1 aromatic heterocycles. The molecule has 0 spiro atoms. The Morgan fingerprint density at radius 2 is 2.05 bits per heavy atom. The summed E-state index contributed by atoms with van der Waals surface area (Å²) in [4.78, 5) is 12.9. The molecule has 6 heteroatoms. The maximum absolute atomic E-state index is 11.9. The van der Waals surface area contributed by atoms with Crippen LogP contribution in [0.5, 0.6) is 0 Å². The van der Waals surface area contributed by atoms with Crippen LogP contribution in [0.4, 0.5) is 11.4 Å². The largest absolute Gasteiger partial charge is 0.399 e. The Bertz CT molecular complexity index is 557. The molecule has 4 N–H and O–H groups in total. The van der Waals surface area contributed by atoms with E-state index in [1.165, 1.54) is 11.8 Å². The molecule has 0 aliphatic rings. The van der Waals surface area contributed by atoms with Crippen molar-refractivity contribution < 1.29 is 4.79 Å². The highest BCUT2D eigenvalue weighted by Gasteiger charge is 2.10. The number of aryl methyl sites for hydroxylation is 2. The Morgan fingerprint density at radius 1 is 1.37 bits per heavy atom. The lowest BCUT2D eigenvalue weighted by molar-refractivity contribution is -0.113. The quantitative estimate of drug-likeness (QED) is 0.591. The summed E-state index contributed by atoms with van der Waals surface area (Å²) in [5.74, 6) is 0.308. The van der Waals surface area contributed by atoms with Crippen LogP contribution in [-0.2, 0) is 4.79 Å². The van der Waals surface area contributed by atoms with E-state index >= 15 is 0 Å². The zero-order valence-corrected chi connectivity index (χ0v) is 11.7. The lowest BCUT2D eigenvalue weighted by atomic mass is 10.3. The third-order valence-electron chi connectivity index (χ3n) is 2.64. The van der Waals surface area contributed by atoms with Gasteiger partial charge in [0.15, 0.2) is 0 Å².